The first-order chi connectivity index (χ1) is 9.74. The molecule has 4 heteroatoms. The van der Waals surface area contributed by atoms with Crippen LogP contribution in [-0.2, 0) is 6.42 Å². The van der Waals surface area contributed by atoms with Gasteiger partial charge in [0, 0.05) is 31.4 Å². The Bertz CT molecular complexity index is 456. The van der Waals surface area contributed by atoms with Crippen molar-refractivity contribution in [3.8, 4) is 0 Å². The Kier molecular flexibility index (Phi) is 3.11. The maximum Gasteiger partial charge on any atom is 0.111 e. The zero-order valence-electron chi connectivity index (χ0n) is 12.0. The zero-order chi connectivity index (χ0) is 13.7. The molecule has 0 amide bonds. The molecule has 4 fully saturated rings. The number of rotatable bonds is 4. The Hall–Kier alpha value is -0.870. The summed E-state index contributed by atoms with van der Waals surface area (Å²) >= 11 is 0. The summed E-state index contributed by atoms with van der Waals surface area (Å²) in [6, 6.07) is 0.630. The van der Waals surface area contributed by atoms with Crippen LogP contribution in [-0.4, -0.2) is 27.3 Å². The zero-order valence-corrected chi connectivity index (χ0v) is 12.0. The van der Waals surface area contributed by atoms with Gasteiger partial charge in [-0.25, -0.2) is 4.98 Å². The smallest absolute Gasteiger partial charge is 0.111 e. The van der Waals surface area contributed by atoms with E-state index >= 15 is 0 Å². The molecule has 4 aliphatic carbocycles. The van der Waals surface area contributed by atoms with Gasteiger partial charge >= 0.3 is 0 Å². The predicted octanol–water partition coefficient (Wildman–Crippen LogP) is 1.74. The molecule has 4 bridgehead atoms. The van der Waals surface area contributed by atoms with Crippen LogP contribution in [0.4, 0.5) is 0 Å². The van der Waals surface area contributed by atoms with E-state index in [1.165, 1.54) is 32.1 Å². The fraction of sp³-hybridized carbons (Fsp3) is 0.812. The largest absolute Gasteiger partial charge is 0.391 e. The van der Waals surface area contributed by atoms with E-state index in [2.05, 4.69) is 15.7 Å². The molecule has 0 aliphatic heterocycles. The number of nitrogens with zero attached hydrogens (tertiary/aromatic N) is 2. The molecule has 4 nitrogen and oxygen atoms in total. The molecule has 110 valence electrons. The van der Waals surface area contributed by atoms with Crippen LogP contribution in [0.25, 0.3) is 0 Å². The van der Waals surface area contributed by atoms with Gasteiger partial charge in [0.25, 0.3) is 0 Å². The maximum atomic E-state index is 9.83. The summed E-state index contributed by atoms with van der Waals surface area (Å²) in [7, 11) is 0. The molecule has 1 heterocycles. The highest BCUT2D eigenvalue weighted by atomic mass is 16.3. The Morgan fingerprint density at radius 3 is 2.45 bits per heavy atom. The normalized spacial score (nSPS) is 40.2. The van der Waals surface area contributed by atoms with E-state index in [9.17, 15) is 5.11 Å². The topological polar surface area (TPSA) is 64.1 Å². The number of aromatic nitrogens is 2. The first-order valence-corrected chi connectivity index (χ1v) is 8.14. The lowest BCUT2D eigenvalue weighted by atomic mass is 9.54. The van der Waals surface area contributed by atoms with Gasteiger partial charge < -0.3 is 15.4 Å². The summed E-state index contributed by atoms with van der Waals surface area (Å²) in [5.41, 5.74) is 5.55. The predicted molar refractivity (Wildman–Crippen MR) is 77.1 cm³/mol. The first-order valence-electron chi connectivity index (χ1n) is 8.14. The number of nitrogens with two attached hydrogens (primary N) is 1. The minimum Gasteiger partial charge on any atom is -0.391 e. The van der Waals surface area contributed by atoms with E-state index in [0.29, 0.717) is 19.0 Å². The van der Waals surface area contributed by atoms with Crippen LogP contribution >= 0.6 is 0 Å². The molecular formula is C16H25N3O. The highest BCUT2D eigenvalue weighted by molar-refractivity contribution is 5.06. The quantitative estimate of drug-likeness (QED) is 0.880. The summed E-state index contributed by atoms with van der Waals surface area (Å²) in [6.07, 6.45) is 11.3. The average Bonchev–Trinajstić information content (AvgIpc) is 2.85. The molecular weight excluding hydrogens is 250 g/mol. The lowest BCUT2D eigenvalue weighted by Crippen LogP contribution is -2.46. The van der Waals surface area contributed by atoms with Crippen molar-refractivity contribution >= 4 is 0 Å². The lowest BCUT2D eigenvalue weighted by Gasteiger charge is -2.55. The van der Waals surface area contributed by atoms with Crippen molar-refractivity contribution in [1.82, 2.24) is 9.55 Å². The van der Waals surface area contributed by atoms with Gasteiger partial charge in [-0.05, 0) is 55.8 Å². The van der Waals surface area contributed by atoms with Crippen LogP contribution in [0, 0.1) is 23.7 Å². The fourth-order valence-electron chi connectivity index (χ4n) is 5.42. The summed E-state index contributed by atoms with van der Waals surface area (Å²) in [4.78, 5) is 4.48. The third-order valence-electron chi connectivity index (χ3n) is 5.94. The number of hydrogen-bond acceptors (Lipinski definition) is 3. The van der Waals surface area contributed by atoms with Crippen LogP contribution < -0.4 is 5.73 Å². The molecule has 1 atom stereocenters. The second kappa shape index (κ2) is 4.85. The molecule has 0 aromatic carbocycles. The third kappa shape index (κ3) is 2.01. The van der Waals surface area contributed by atoms with Crippen LogP contribution in [0.2, 0.25) is 0 Å². The van der Waals surface area contributed by atoms with Crippen LogP contribution in [0.3, 0.4) is 0 Å². The van der Waals surface area contributed by atoms with Crippen molar-refractivity contribution < 1.29 is 5.11 Å². The molecule has 1 aromatic heterocycles. The SMILES string of the molecule is NCC(O)Cc1nccn1C1C2CC3CC(C2)CC1C3. The highest BCUT2D eigenvalue weighted by Gasteiger charge is 2.49. The standard InChI is InChI=1S/C16H25N3O/c17-9-14(20)8-15-18-1-2-19(15)16-12-4-10-3-11(6-12)7-13(16)5-10/h1-2,10-14,16,20H,3-9,17H2. The Balaban J connectivity index is 1.60. The molecule has 1 unspecified atom stereocenters. The van der Waals surface area contributed by atoms with Crippen molar-refractivity contribution in [2.45, 2.75) is 50.7 Å². The van der Waals surface area contributed by atoms with Gasteiger partial charge in [0.2, 0.25) is 0 Å². The van der Waals surface area contributed by atoms with Crippen molar-refractivity contribution in [3.05, 3.63) is 18.2 Å². The molecule has 0 spiro atoms. The maximum absolute atomic E-state index is 9.83. The molecule has 4 saturated carbocycles. The van der Waals surface area contributed by atoms with E-state index < -0.39 is 6.10 Å². The average molecular weight is 275 g/mol. The summed E-state index contributed by atoms with van der Waals surface area (Å²) in [5, 5.41) is 9.83. The Morgan fingerprint density at radius 2 is 1.85 bits per heavy atom. The van der Waals surface area contributed by atoms with Crippen molar-refractivity contribution in [3.63, 3.8) is 0 Å². The molecule has 1 aromatic rings. The second-order valence-electron chi connectivity index (χ2n) is 7.27. The van der Waals surface area contributed by atoms with Gasteiger partial charge in [0.1, 0.15) is 5.82 Å². The summed E-state index contributed by atoms with van der Waals surface area (Å²) < 4.78 is 2.38. The highest BCUT2D eigenvalue weighted by Crippen LogP contribution is 2.58. The monoisotopic (exact) mass is 275 g/mol. The second-order valence-corrected chi connectivity index (χ2v) is 7.27. The molecule has 4 aliphatic rings. The van der Waals surface area contributed by atoms with Crippen molar-refractivity contribution in [1.29, 1.82) is 0 Å². The minimum absolute atomic E-state index is 0.314. The van der Waals surface area contributed by atoms with Gasteiger partial charge in [-0.15, -0.1) is 0 Å². The number of hydrogen-bond donors (Lipinski definition) is 2. The summed E-state index contributed by atoms with van der Waals surface area (Å²) in [6.45, 7) is 0.314. The molecule has 0 radical (unpaired) electrons. The van der Waals surface area contributed by atoms with Gasteiger partial charge in [0.15, 0.2) is 0 Å². The van der Waals surface area contributed by atoms with E-state index in [1.807, 2.05) is 6.20 Å². The van der Waals surface area contributed by atoms with Gasteiger partial charge in [0.05, 0.1) is 6.10 Å². The van der Waals surface area contributed by atoms with Crippen LogP contribution in [0.1, 0.15) is 44.0 Å². The van der Waals surface area contributed by atoms with Gasteiger partial charge in [-0.3, -0.25) is 0 Å². The number of aliphatic hydroxyl groups is 1. The van der Waals surface area contributed by atoms with E-state index in [-0.39, 0.29) is 0 Å². The Morgan fingerprint density at radius 1 is 1.20 bits per heavy atom. The van der Waals surface area contributed by atoms with E-state index in [4.69, 9.17) is 5.73 Å². The van der Waals surface area contributed by atoms with Crippen LogP contribution in [0.5, 0.6) is 0 Å². The van der Waals surface area contributed by atoms with Gasteiger partial charge in [-0.2, -0.15) is 0 Å². The molecule has 5 rings (SSSR count). The fourth-order valence-corrected chi connectivity index (χ4v) is 5.42. The Labute approximate surface area is 120 Å². The van der Waals surface area contributed by atoms with Crippen molar-refractivity contribution in [2.24, 2.45) is 29.4 Å². The van der Waals surface area contributed by atoms with E-state index in [0.717, 1.165) is 29.5 Å². The van der Waals surface area contributed by atoms with Crippen LogP contribution in [0.15, 0.2) is 12.4 Å². The lowest BCUT2D eigenvalue weighted by molar-refractivity contribution is -0.0305. The number of imidazole rings is 1. The van der Waals surface area contributed by atoms with Crippen molar-refractivity contribution in [2.75, 3.05) is 6.54 Å². The molecule has 0 saturated heterocycles. The minimum atomic E-state index is -0.465. The number of aliphatic hydroxyl groups excluding tert-OH is 1. The summed E-state index contributed by atoms with van der Waals surface area (Å²) in [5.74, 6) is 4.70. The molecule has 3 N–H and O–H groups in total. The van der Waals surface area contributed by atoms with E-state index in [1.54, 1.807) is 0 Å². The molecule has 20 heavy (non-hydrogen) atoms. The first kappa shape index (κ1) is 12.8. The third-order valence-corrected chi connectivity index (χ3v) is 5.94. The van der Waals surface area contributed by atoms with Gasteiger partial charge in [-0.1, -0.05) is 0 Å².